The second kappa shape index (κ2) is 20.1. The number of amides is 2. The van der Waals surface area contributed by atoms with E-state index in [1.165, 1.54) is 0 Å². The molecule has 11 nitrogen and oxygen atoms in total. The highest BCUT2D eigenvalue weighted by Crippen LogP contribution is 2.35. The number of rotatable bonds is 20. The number of aromatic nitrogens is 2. The van der Waals surface area contributed by atoms with Crippen molar-refractivity contribution in [2.75, 3.05) is 25.6 Å². The molecule has 0 radical (unpaired) electrons. The highest BCUT2D eigenvalue weighted by molar-refractivity contribution is 9.10. The van der Waals surface area contributed by atoms with Crippen molar-refractivity contribution in [1.82, 2.24) is 20.6 Å². The molecule has 0 fully saturated rings. The van der Waals surface area contributed by atoms with Crippen LogP contribution in [0.5, 0.6) is 11.5 Å². The van der Waals surface area contributed by atoms with Gasteiger partial charge in [0, 0.05) is 28.5 Å². The largest absolute Gasteiger partial charge is 0.493 e. The number of aryl methyl sites for hydroxylation is 1. The number of carbonyl (C=O) groups is 2. The number of halogens is 1. The fourth-order valence-corrected chi connectivity index (χ4v) is 6.37. The normalized spacial score (nSPS) is 13.6. The smallest absolute Gasteiger partial charge is 0.251 e. The van der Waals surface area contributed by atoms with Crippen molar-refractivity contribution < 1.29 is 24.2 Å². The molecule has 0 aliphatic carbocycles. The SMILES string of the molecule is COc1cc2c(N[C@H](C)c3cccc(Br)c3)nc(C)nc2cc1OCCCCCCNC(=O)[C@H](CC(C)C)NC(=O)[C@@H](O)[C@H](N)Cc1ccccc1. The molecule has 6 N–H and O–H groups in total. The van der Waals surface area contributed by atoms with E-state index >= 15 is 0 Å². The first-order valence-electron chi connectivity index (χ1n) is 18.0. The Morgan fingerprint density at radius 2 is 1.67 bits per heavy atom. The number of methoxy groups -OCH3 is 1. The maximum absolute atomic E-state index is 13.0. The van der Waals surface area contributed by atoms with Crippen LogP contribution in [0.1, 0.15) is 75.9 Å². The van der Waals surface area contributed by atoms with Crippen molar-refractivity contribution in [3.63, 3.8) is 0 Å². The molecule has 0 aliphatic rings. The maximum atomic E-state index is 13.0. The van der Waals surface area contributed by atoms with Crippen molar-refractivity contribution in [2.45, 2.75) is 90.4 Å². The molecule has 2 amide bonds. The van der Waals surface area contributed by atoms with Crippen molar-refractivity contribution in [3.8, 4) is 11.5 Å². The van der Waals surface area contributed by atoms with Gasteiger partial charge in [0.25, 0.3) is 5.91 Å². The second-order valence-corrected chi connectivity index (χ2v) is 14.5. The van der Waals surface area contributed by atoms with Crippen LogP contribution in [0.15, 0.2) is 71.2 Å². The number of hydrogen-bond donors (Lipinski definition) is 5. The van der Waals surface area contributed by atoms with Gasteiger partial charge in [-0.3, -0.25) is 9.59 Å². The van der Waals surface area contributed by atoms with Crippen LogP contribution in [-0.4, -0.2) is 65.3 Å². The number of benzene rings is 3. The van der Waals surface area contributed by atoms with E-state index in [1.54, 1.807) is 7.11 Å². The lowest BCUT2D eigenvalue weighted by Crippen LogP contribution is -2.54. The number of ether oxygens (including phenoxy) is 2. The topological polar surface area (TPSA) is 161 Å². The van der Waals surface area contributed by atoms with Gasteiger partial charge in [-0.1, -0.05) is 85.1 Å². The van der Waals surface area contributed by atoms with Crippen LogP contribution in [0.4, 0.5) is 5.82 Å². The molecule has 0 spiro atoms. The Kier molecular flexibility index (Phi) is 15.7. The molecule has 0 aliphatic heterocycles. The summed E-state index contributed by atoms with van der Waals surface area (Å²) in [5, 5.41) is 20.6. The molecular formula is C40H53BrN6O5. The Labute approximate surface area is 315 Å². The number of nitrogens with one attached hydrogen (secondary N) is 3. The molecule has 52 heavy (non-hydrogen) atoms. The average molecular weight is 778 g/mol. The summed E-state index contributed by atoms with van der Waals surface area (Å²) in [6.45, 7) is 8.91. The minimum atomic E-state index is -1.43. The Bertz CT molecular complexity index is 1760. The molecule has 12 heteroatoms. The Morgan fingerprint density at radius 1 is 0.923 bits per heavy atom. The van der Waals surface area contributed by atoms with E-state index in [-0.39, 0.29) is 17.9 Å². The van der Waals surface area contributed by atoms with Gasteiger partial charge in [-0.2, -0.15) is 0 Å². The molecule has 280 valence electrons. The first-order valence-corrected chi connectivity index (χ1v) is 18.8. The zero-order valence-electron chi connectivity index (χ0n) is 30.8. The second-order valence-electron chi connectivity index (χ2n) is 13.6. The highest BCUT2D eigenvalue weighted by atomic mass is 79.9. The van der Waals surface area contributed by atoms with Crippen LogP contribution in [-0.2, 0) is 16.0 Å². The number of aliphatic hydroxyl groups excluding tert-OH is 1. The summed E-state index contributed by atoms with van der Waals surface area (Å²) in [5.74, 6) is 1.86. The monoisotopic (exact) mass is 776 g/mol. The van der Waals surface area contributed by atoms with Gasteiger partial charge in [0.15, 0.2) is 11.5 Å². The summed E-state index contributed by atoms with van der Waals surface area (Å²) in [5.41, 5.74) is 8.95. The van der Waals surface area contributed by atoms with E-state index < -0.39 is 24.1 Å². The van der Waals surface area contributed by atoms with E-state index in [9.17, 15) is 14.7 Å². The maximum Gasteiger partial charge on any atom is 0.251 e. The molecule has 3 aromatic carbocycles. The lowest BCUT2D eigenvalue weighted by atomic mass is 9.99. The first kappa shape index (κ1) is 40.5. The van der Waals surface area contributed by atoms with Gasteiger partial charge in [-0.15, -0.1) is 0 Å². The van der Waals surface area contributed by atoms with Gasteiger partial charge in [0.1, 0.15) is 23.8 Å². The molecule has 0 saturated carbocycles. The number of anilines is 1. The van der Waals surface area contributed by atoms with Crippen LogP contribution >= 0.6 is 15.9 Å². The number of carbonyl (C=O) groups excluding carboxylic acids is 2. The molecule has 0 saturated heterocycles. The predicted molar refractivity (Wildman–Crippen MR) is 209 cm³/mol. The van der Waals surface area contributed by atoms with E-state index in [2.05, 4.69) is 60.9 Å². The van der Waals surface area contributed by atoms with E-state index in [0.29, 0.717) is 43.3 Å². The van der Waals surface area contributed by atoms with Crippen LogP contribution in [0.3, 0.4) is 0 Å². The van der Waals surface area contributed by atoms with Crippen LogP contribution in [0, 0.1) is 12.8 Å². The van der Waals surface area contributed by atoms with Crippen molar-refractivity contribution in [1.29, 1.82) is 0 Å². The van der Waals surface area contributed by atoms with Crippen LogP contribution < -0.4 is 31.2 Å². The minimum Gasteiger partial charge on any atom is -0.493 e. The zero-order valence-corrected chi connectivity index (χ0v) is 32.4. The van der Waals surface area contributed by atoms with Gasteiger partial charge in [-0.25, -0.2) is 9.97 Å². The standard InChI is InChI=1S/C40H53BrN6O5/c1-25(2)20-34(47-40(50)37(48)32(42)21-28-14-9-8-10-15-28)39(49)43-18-11-6-7-12-19-52-36-24-33-31(23-35(36)51-5)38(46-27(4)45-33)44-26(3)29-16-13-17-30(41)22-29/h8-10,13-17,22-26,32,34,37,48H,6-7,11-12,18-21,42H2,1-5H3,(H,43,49)(H,47,50)(H,44,45,46)/t26-,32-,34+,37+/m1/s1. The van der Waals surface area contributed by atoms with Crippen molar-refractivity contribution >= 4 is 44.5 Å². The number of hydrogen-bond acceptors (Lipinski definition) is 9. The van der Waals surface area contributed by atoms with Crippen molar-refractivity contribution in [3.05, 3.63) is 88.2 Å². The quantitative estimate of drug-likeness (QED) is 0.0640. The molecular weight excluding hydrogens is 724 g/mol. The van der Waals surface area contributed by atoms with Gasteiger partial charge in [-0.05, 0) is 74.8 Å². The summed E-state index contributed by atoms with van der Waals surface area (Å²) in [6.07, 6.45) is 2.77. The van der Waals surface area contributed by atoms with Gasteiger partial charge < -0.3 is 36.3 Å². The third kappa shape index (κ3) is 12.2. The summed E-state index contributed by atoms with van der Waals surface area (Å²) in [6, 6.07) is 19.9. The summed E-state index contributed by atoms with van der Waals surface area (Å²) < 4.78 is 12.9. The average Bonchev–Trinajstić information content (AvgIpc) is 3.11. The van der Waals surface area contributed by atoms with E-state index in [4.69, 9.17) is 15.2 Å². The van der Waals surface area contributed by atoms with Gasteiger partial charge in [0.05, 0.1) is 25.3 Å². The lowest BCUT2D eigenvalue weighted by Gasteiger charge is -2.24. The Balaban J connectivity index is 1.22. The Morgan fingerprint density at radius 3 is 2.38 bits per heavy atom. The molecule has 0 unspecified atom stereocenters. The predicted octanol–water partition coefficient (Wildman–Crippen LogP) is 6.40. The highest BCUT2D eigenvalue weighted by Gasteiger charge is 2.28. The van der Waals surface area contributed by atoms with Crippen molar-refractivity contribution in [2.24, 2.45) is 11.7 Å². The van der Waals surface area contributed by atoms with Crippen LogP contribution in [0.2, 0.25) is 0 Å². The van der Waals surface area contributed by atoms with Crippen LogP contribution in [0.25, 0.3) is 10.9 Å². The van der Waals surface area contributed by atoms with Gasteiger partial charge in [0.2, 0.25) is 5.91 Å². The van der Waals surface area contributed by atoms with E-state index in [0.717, 1.165) is 58.0 Å². The summed E-state index contributed by atoms with van der Waals surface area (Å²) in [4.78, 5) is 35.2. The molecule has 4 rings (SSSR count). The molecule has 4 atom stereocenters. The molecule has 0 bridgehead atoms. The number of fused-ring (bicyclic) bond motifs is 1. The fourth-order valence-electron chi connectivity index (χ4n) is 5.95. The third-order valence-electron chi connectivity index (χ3n) is 8.75. The molecule has 1 aromatic heterocycles. The zero-order chi connectivity index (χ0) is 37.6. The summed E-state index contributed by atoms with van der Waals surface area (Å²) in [7, 11) is 1.62. The number of aliphatic hydroxyl groups is 1. The Hall–Kier alpha value is -4.26. The number of nitrogens with zero attached hydrogens (tertiary/aromatic N) is 2. The number of unbranched alkanes of at least 4 members (excludes halogenated alkanes) is 3. The minimum absolute atomic E-state index is 0.0152. The number of nitrogens with two attached hydrogens (primary N) is 1. The molecule has 4 aromatic rings. The van der Waals surface area contributed by atoms with E-state index in [1.807, 2.05) is 75.4 Å². The molecule has 1 heterocycles. The summed E-state index contributed by atoms with van der Waals surface area (Å²) >= 11 is 3.55. The first-order chi connectivity index (χ1) is 24.9. The fraction of sp³-hybridized carbons (Fsp3) is 0.450. The third-order valence-corrected chi connectivity index (χ3v) is 9.24. The lowest BCUT2D eigenvalue weighted by molar-refractivity contribution is -0.135. The van der Waals surface area contributed by atoms with Gasteiger partial charge >= 0.3 is 0 Å².